The number of nitrogens with one attached hydrogen (secondary N) is 1. The molecule has 0 aromatic carbocycles. The smallest absolute Gasteiger partial charge is 0.246 e. The first-order chi connectivity index (χ1) is 9.93. The van der Waals surface area contributed by atoms with E-state index < -0.39 is 10.0 Å². The average Bonchev–Trinajstić information content (AvgIpc) is 2.81. The third-order valence-corrected chi connectivity index (χ3v) is 5.12. The van der Waals surface area contributed by atoms with Gasteiger partial charge >= 0.3 is 0 Å². The Labute approximate surface area is 127 Å². The standard InChI is InChI=1S/C14H26N2O4S/c1-5-7-15-11-13-10-14(12(2)20-13)21(17,18)16(3)8-6-9-19-4/h10,15H,5-9,11H2,1-4H3. The lowest BCUT2D eigenvalue weighted by atomic mass is 10.4. The van der Waals surface area contributed by atoms with Crippen LogP contribution in [-0.4, -0.2) is 46.6 Å². The third kappa shape index (κ3) is 5.10. The molecule has 0 aliphatic rings. The Morgan fingerprint density at radius 1 is 1.43 bits per heavy atom. The molecule has 6 nitrogen and oxygen atoms in total. The maximum atomic E-state index is 12.5. The summed E-state index contributed by atoms with van der Waals surface area (Å²) < 4.78 is 36.8. The summed E-state index contributed by atoms with van der Waals surface area (Å²) in [5.74, 6) is 1.08. The Kier molecular flexibility index (Phi) is 7.37. The molecule has 1 aromatic heterocycles. The molecule has 0 amide bonds. The van der Waals surface area contributed by atoms with Crippen molar-refractivity contribution in [3.8, 4) is 0 Å². The number of methoxy groups -OCH3 is 1. The molecule has 0 bridgehead atoms. The van der Waals surface area contributed by atoms with Crippen molar-refractivity contribution in [2.45, 2.75) is 38.1 Å². The molecular formula is C14H26N2O4S. The molecule has 0 aliphatic carbocycles. The second-order valence-electron chi connectivity index (χ2n) is 4.98. The molecule has 122 valence electrons. The summed E-state index contributed by atoms with van der Waals surface area (Å²) in [6, 6.07) is 1.61. The predicted molar refractivity (Wildman–Crippen MR) is 81.8 cm³/mol. The Hall–Kier alpha value is -0.890. The van der Waals surface area contributed by atoms with E-state index in [-0.39, 0.29) is 4.90 Å². The van der Waals surface area contributed by atoms with E-state index in [1.165, 1.54) is 4.31 Å². The highest BCUT2D eigenvalue weighted by Crippen LogP contribution is 2.23. The highest BCUT2D eigenvalue weighted by Gasteiger charge is 2.25. The second kappa shape index (κ2) is 8.53. The van der Waals surface area contributed by atoms with E-state index in [1.807, 2.05) is 0 Å². The zero-order valence-electron chi connectivity index (χ0n) is 13.3. The number of furan rings is 1. The summed E-state index contributed by atoms with van der Waals surface area (Å²) in [5, 5.41) is 3.20. The summed E-state index contributed by atoms with van der Waals surface area (Å²) in [6.07, 6.45) is 1.68. The molecule has 1 rings (SSSR count). The van der Waals surface area contributed by atoms with Crippen LogP contribution in [0.5, 0.6) is 0 Å². The van der Waals surface area contributed by atoms with E-state index in [9.17, 15) is 8.42 Å². The number of hydrogen-bond donors (Lipinski definition) is 1. The molecule has 0 unspecified atom stereocenters. The molecule has 0 saturated carbocycles. The number of hydrogen-bond acceptors (Lipinski definition) is 5. The van der Waals surface area contributed by atoms with Crippen LogP contribution in [0.1, 0.15) is 31.3 Å². The van der Waals surface area contributed by atoms with Crippen molar-refractivity contribution < 1.29 is 17.6 Å². The highest BCUT2D eigenvalue weighted by molar-refractivity contribution is 7.89. The van der Waals surface area contributed by atoms with Crippen molar-refractivity contribution >= 4 is 10.0 Å². The maximum absolute atomic E-state index is 12.5. The van der Waals surface area contributed by atoms with Crippen LogP contribution in [0.3, 0.4) is 0 Å². The number of nitrogens with zero attached hydrogens (tertiary/aromatic N) is 1. The van der Waals surface area contributed by atoms with Gasteiger partial charge in [0, 0.05) is 33.4 Å². The molecule has 7 heteroatoms. The molecule has 0 aliphatic heterocycles. The van der Waals surface area contributed by atoms with Gasteiger partial charge in [0.2, 0.25) is 10.0 Å². The lowest BCUT2D eigenvalue weighted by Gasteiger charge is -2.16. The quantitative estimate of drug-likeness (QED) is 0.665. The normalized spacial score (nSPS) is 12.2. The molecular weight excluding hydrogens is 292 g/mol. The van der Waals surface area contributed by atoms with Crippen LogP contribution in [0.15, 0.2) is 15.4 Å². The van der Waals surface area contributed by atoms with Crippen molar-refractivity contribution in [3.63, 3.8) is 0 Å². The molecule has 1 N–H and O–H groups in total. The van der Waals surface area contributed by atoms with E-state index in [4.69, 9.17) is 9.15 Å². The van der Waals surface area contributed by atoms with Gasteiger partial charge in [-0.3, -0.25) is 0 Å². The molecule has 1 aromatic rings. The van der Waals surface area contributed by atoms with Gasteiger partial charge in [-0.1, -0.05) is 6.92 Å². The number of sulfonamides is 1. The molecule has 21 heavy (non-hydrogen) atoms. The van der Waals surface area contributed by atoms with Gasteiger partial charge in [0.05, 0.1) is 6.54 Å². The predicted octanol–water partition coefficient (Wildman–Crippen LogP) is 1.74. The summed E-state index contributed by atoms with van der Waals surface area (Å²) in [5.41, 5.74) is 0. The first kappa shape index (κ1) is 18.2. The van der Waals surface area contributed by atoms with Gasteiger partial charge in [0.1, 0.15) is 16.4 Å². The van der Waals surface area contributed by atoms with E-state index >= 15 is 0 Å². The molecule has 0 atom stereocenters. The fraction of sp³-hybridized carbons (Fsp3) is 0.714. The Morgan fingerprint density at radius 2 is 2.14 bits per heavy atom. The fourth-order valence-electron chi connectivity index (χ4n) is 1.98. The lowest BCUT2D eigenvalue weighted by Crippen LogP contribution is -2.28. The van der Waals surface area contributed by atoms with Crippen LogP contribution >= 0.6 is 0 Å². The van der Waals surface area contributed by atoms with Crippen LogP contribution in [0.2, 0.25) is 0 Å². The molecule has 0 spiro atoms. The van der Waals surface area contributed by atoms with Crippen LogP contribution < -0.4 is 5.32 Å². The van der Waals surface area contributed by atoms with E-state index in [0.29, 0.717) is 37.6 Å². The zero-order valence-corrected chi connectivity index (χ0v) is 14.1. The summed E-state index contributed by atoms with van der Waals surface area (Å²) in [6.45, 7) is 6.13. The van der Waals surface area contributed by atoms with Crippen molar-refractivity contribution in [1.29, 1.82) is 0 Å². The zero-order chi connectivity index (χ0) is 15.9. The first-order valence-corrected chi connectivity index (χ1v) is 8.62. The number of aryl methyl sites for hydroxylation is 1. The highest BCUT2D eigenvalue weighted by atomic mass is 32.2. The van der Waals surface area contributed by atoms with E-state index in [1.54, 1.807) is 27.1 Å². The molecule has 0 fully saturated rings. The lowest BCUT2D eigenvalue weighted by molar-refractivity contribution is 0.189. The van der Waals surface area contributed by atoms with Gasteiger partial charge in [-0.2, -0.15) is 0 Å². The van der Waals surface area contributed by atoms with E-state index in [0.717, 1.165) is 13.0 Å². The largest absolute Gasteiger partial charge is 0.464 e. The third-order valence-electron chi connectivity index (χ3n) is 3.16. The van der Waals surface area contributed by atoms with Gasteiger partial charge in [-0.15, -0.1) is 0 Å². The number of ether oxygens (including phenoxy) is 1. The molecule has 1 heterocycles. The van der Waals surface area contributed by atoms with Crippen LogP contribution in [-0.2, 0) is 21.3 Å². The van der Waals surface area contributed by atoms with Crippen molar-refractivity contribution in [3.05, 3.63) is 17.6 Å². The van der Waals surface area contributed by atoms with Gasteiger partial charge < -0.3 is 14.5 Å². The van der Waals surface area contributed by atoms with Crippen LogP contribution in [0, 0.1) is 6.92 Å². The summed E-state index contributed by atoms with van der Waals surface area (Å²) in [7, 11) is -0.326. The van der Waals surface area contributed by atoms with Gasteiger partial charge in [0.25, 0.3) is 0 Å². The maximum Gasteiger partial charge on any atom is 0.246 e. The van der Waals surface area contributed by atoms with Gasteiger partial charge in [-0.05, 0) is 26.3 Å². The summed E-state index contributed by atoms with van der Waals surface area (Å²) in [4.78, 5) is 0.246. The average molecular weight is 318 g/mol. The topological polar surface area (TPSA) is 71.8 Å². The minimum absolute atomic E-state index is 0.246. The van der Waals surface area contributed by atoms with Crippen molar-refractivity contribution in [2.24, 2.45) is 0 Å². The molecule has 0 radical (unpaired) electrons. The van der Waals surface area contributed by atoms with Gasteiger partial charge in [-0.25, -0.2) is 12.7 Å². The second-order valence-corrected chi connectivity index (χ2v) is 7.00. The van der Waals surface area contributed by atoms with Crippen LogP contribution in [0.4, 0.5) is 0 Å². The minimum Gasteiger partial charge on any atom is -0.464 e. The first-order valence-electron chi connectivity index (χ1n) is 7.18. The van der Waals surface area contributed by atoms with Gasteiger partial charge in [0.15, 0.2) is 0 Å². The van der Waals surface area contributed by atoms with Crippen molar-refractivity contribution in [1.82, 2.24) is 9.62 Å². The Morgan fingerprint density at radius 3 is 2.76 bits per heavy atom. The van der Waals surface area contributed by atoms with E-state index in [2.05, 4.69) is 12.2 Å². The monoisotopic (exact) mass is 318 g/mol. The molecule has 0 saturated heterocycles. The number of rotatable bonds is 10. The SMILES string of the molecule is CCCNCc1cc(S(=O)(=O)N(C)CCCOC)c(C)o1. The van der Waals surface area contributed by atoms with Crippen molar-refractivity contribution in [2.75, 3.05) is 33.9 Å². The Bertz CT molecular complexity index is 525. The fourth-order valence-corrected chi connectivity index (χ4v) is 3.37. The van der Waals surface area contributed by atoms with Crippen LogP contribution in [0.25, 0.3) is 0 Å². The Balaban J connectivity index is 2.78. The summed E-state index contributed by atoms with van der Waals surface area (Å²) >= 11 is 0. The minimum atomic E-state index is -3.50.